The van der Waals surface area contributed by atoms with Crippen molar-refractivity contribution in [3.8, 4) is 0 Å². The van der Waals surface area contributed by atoms with E-state index >= 15 is 0 Å². The van der Waals surface area contributed by atoms with Crippen LogP contribution in [0.5, 0.6) is 0 Å². The summed E-state index contributed by atoms with van der Waals surface area (Å²) < 4.78 is 6.42. The lowest BCUT2D eigenvalue weighted by atomic mass is 10.2. The van der Waals surface area contributed by atoms with Crippen LogP contribution in [0.25, 0.3) is 0 Å². The summed E-state index contributed by atoms with van der Waals surface area (Å²) >= 11 is 0. The van der Waals surface area contributed by atoms with E-state index in [9.17, 15) is 4.79 Å². The van der Waals surface area contributed by atoms with Crippen molar-refractivity contribution in [3.63, 3.8) is 0 Å². The second-order valence-corrected chi connectivity index (χ2v) is 3.56. The molecule has 0 aliphatic carbocycles. The number of carbonyl (C=O) groups is 1. The fourth-order valence-corrected chi connectivity index (χ4v) is 1.43. The maximum atomic E-state index is 11.2. The SMILES string of the molecule is COC(=O)C(C)Nc1c(C)nn(C)c1C. The van der Waals surface area contributed by atoms with Gasteiger partial charge in [0, 0.05) is 7.05 Å². The molecule has 0 saturated carbocycles. The number of ether oxygens (including phenoxy) is 1. The lowest BCUT2D eigenvalue weighted by Crippen LogP contribution is -2.27. The van der Waals surface area contributed by atoms with Crippen LogP contribution in [0, 0.1) is 13.8 Å². The number of nitrogens with zero attached hydrogens (tertiary/aromatic N) is 2. The zero-order valence-electron chi connectivity index (χ0n) is 9.79. The Morgan fingerprint density at radius 1 is 1.53 bits per heavy atom. The normalized spacial score (nSPS) is 12.3. The molecule has 0 spiro atoms. The van der Waals surface area contributed by atoms with E-state index in [1.54, 1.807) is 11.6 Å². The van der Waals surface area contributed by atoms with E-state index in [-0.39, 0.29) is 12.0 Å². The number of rotatable bonds is 3. The van der Waals surface area contributed by atoms with Gasteiger partial charge in [0.05, 0.1) is 24.2 Å². The van der Waals surface area contributed by atoms with Crippen LogP contribution < -0.4 is 5.32 Å². The van der Waals surface area contributed by atoms with Gasteiger partial charge in [-0.25, -0.2) is 4.79 Å². The van der Waals surface area contributed by atoms with E-state index in [0.717, 1.165) is 17.1 Å². The molecule has 0 saturated heterocycles. The lowest BCUT2D eigenvalue weighted by molar-refractivity contribution is -0.141. The van der Waals surface area contributed by atoms with Gasteiger partial charge in [-0.3, -0.25) is 4.68 Å². The molecule has 0 aliphatic rings. The Bertz CT molecular complexity index is 371. The molecule has 1 rings (SSSR count). The van der Waals surface area contributed by atoms with Gasteiger partial charge in [-0.2, -0.15) is 5.10 Å². The standard InChI is InChI=1S/C10H17N3O2/c1-6-9(8(3)13(4)12-6)11-7(2)10(14)15-5/h7,11H,1-5H3. The first kappa shape index (κ1) is 11.6. The molecule has 5 nitrogen and oxygen atoms in total. The van der Waals surface area contributed by atoms with E-state index in [2.05, 4.69) is 15.2 Å². The third-order valence-corrected chi connectivity index (χ3v) is 2.42. The summed E-state index contributed by atoms with van der Waals surface area (Å²) in [6.07, 6.45) is 0. The van der Waals surface area contributed by atoms with Crippen molar-refractivity contribution < 1.29 is 9.53 Å². The van der Waals surface area contributed by atoms with Crippen LogP contribution in [-0.2, 0) is 16.6 Å². The highest BCUT2D eigenvalue weighted by molar-refractivity contribution is 5.79. The average Bonchev–Trinajstić information content (AvgIpc) is 2.43. The molecular weight excluding hydrogens is 194 g/mol. The van der Waals surface area contributed by atoms with Gasteiger partial charge in [0.2, 0.25) is 0 Å². The third kappa shape index (κ3) is 2.29. The molecule has 0 fully saturated rings. The van der Waals surface area contributed by atoms with Gasteiger partial charge < -0.3 is 10.1 Å². The summed E-state index contributed by atoms with van der Waals surface area (Å²) in [6, 6.07) is -0.364. The van der Waals surface area contributed by atoms with Crippen LogP contribution in [0.15, 0.2) is 0 Å². The van der Waals surface area contributed by atoms with E-state index in [1.165, 1.54) is 7.11 Å². The van der Waals surface area contributed by atoms with Crippen LogP contribution in [0.4, 0.5) is 5.69 Å². The molecular formula is C10H17N3O2. The number of nitrogens with one attached hydrogen (secondary N) is 1. The number of methoxy groups -OCH3 is 1. The van der Waals surface area contributed by atoms with Crippen molar-refractivity contribution in [2.24, 2.45) is 7.05 Å². The molecule has 0 aliphatic heterocycles. The number of hydrogen-bond acceptors (Lipinski definition) is 4. The molecule has 0 amide bonds. The number of carbonyl (C=O) groups excluding carboxylic acids is 1. The van der Waals surface area contributed by atoms with E-state index in [0.29, 0.717) is 0 Å². The van der Waals surface area contributed by atoms with E-state index in [1.807, 2.05) is 20.9 Å². The van der Waals surface area contributed by atoms with Crippen LogP contribution in [0.3, 0.4) is 0 Å². The van der Waals surface area contributed by atoms with Crippen molar-refractivity contribution in [2.75, 3.05) is 12.4 Å². The number of aromatic nitrogens is 2. The van der Waals surface area contributed by atoms with E-state index in [4.69, 9.17) is 0 Å². The Morgan fingerprint density at radius 3 is 2.53 bits per heavy atom. The minimum absolute atomic E-state index is 0.280. The molecule has 1 aromatic rings. The second kappa shape index (κ2) is 4.33. The predicted octanol–water partition coefficient (Wildman–Crippen LogP) is 1.01. The van der Waals surface area contributed by atoms with Crippen LogP contribution in [0.2, 0.25) is 0 Å². The highest BCUT2D eigenvalue weighted by Crippen LogP contribution is 2.19. The van der Waals surface area contributed by atoms with Gasteiger partial charge in [-0.1, -0.05) is 0 Å². The minimum Gasteiger partial charge on any atom is -0.467 e. The first-order valence-electron chi connectivity index (χ1n) is 4.82. The minimum atomic E-state index is -0.364. The highest BCUT2D eigenvalue weighted by Gasteiger charge is 2.17. The summed E-state index contributed by atoms with van der Waals surface area (Å²) in [5.41, 5.74) is 2.78. The van der Waals surface area contributed by atoms with Crippen molar-refractivity contribution in [2.45, 2.75) is 26.8 Å². The van der Waals surface area contributed by atoms with Gasteiger partial charge >= 0.3 is 5.97 Å². The quantitative estimate of drug-likeness (QED) is 0.758. The van der Waals surface area contributed by atoms with Gasteiger partial charge in [-0.15, -0.1) is 0 Å². The fourth-order valence-electron chi connectivity index (χ4n) is 1.43. The molecule has 1 aromatic heterocycles. The monoisotopic (exact) mass is 211 g/mol. The number of aryl methyl sites for hydroxylation is 2. The molecule has 5 heteroatoms. The summed E-state index contributed by atoms with van der Waals surface area (Å²) in [5.74, 6) is -0.280. The Kier molecular flexibility index (Phi) is 3.34. The maximum Gasteiger partial charge on any atom is 0.327 e. The Balaban J connectivity index is 2.85. The Hall–Kier alpha value is -1.52. The molecule has 0 bridgehead atoms. The van der Waals surface area contributed by atoms with E-state index < -0.39 is 0 Å². The van der Waals surface area contributed by atoms with Crippen LogP contribution in [0.1, 0.15) is 18.3 Å². The highest BCUT2D eigenvalue weighted by atomic mass is 16.5. The largest absolute Gasteiger partial charge is 0.467 e. The summed E-state index contributed by atoms with van der Waals surface area (Å²) in [4.78, 5) is 11.2. The third-order valence-electron chi connectivity index (χ3n) is 2.42. The fraction of sp³-hybridized carbons (Fsp3) is 0.600. The van der Waals surface area contributed by atoms with Gasteiger partial charge in [0.25, 0.3) is 0 Å². The first-order valence-corrected chi connectivity index (χ1v) is 4.82. The molecule has 1 atom stereocenters. The van der Waals surface area contributed by atoms with Crippen molar-refractivity contribution in [3.05, 3.63) is 11.4 Å². The molecule has 0 radical (unpaired) electrons. The molecule has 1 heterocycles. The topological polar surface area (TPSA) is 56.1 Å². The molecule has 15 heavy (non-hydrogen) atoms. The Morgan fingerprint density at radius 2 is 2.13 bits per heavy atom. The number of anilines is 1. The van der Waals surface area contributed by atoms with Crippen molar-refractivity contribution in [1.29, 1.82) is 0 Å². The zero-order valence-corrected chi connectivity index (χ0v) is 9.79. The van der Waals surface area contributed by atoms with Gasteiger partial charge in [-0.05, 0) is 20.8 Å². The van der Waals surface area contributed by atoms with Gasteiger partial charge in [0.15, 0.2) is 0 Å². The predicted molar refractivity (Wildman–Crippen MR) is 57.8 cm³/mol. The van der Waals surface area contributed by atoms with Crippen molar-refractivity contribution in [1.82, 2.24) is 9.78 Å². The zero-order chi connectivity index (χ0) is 11.6. The molecule has 1 unspecified atom stereocenters. The van der Waals surface area contributed by atoms with Gasteiger partial charge in [0.1, 0.15) is 6.04 Å². The second-order valence-electron chi connectivity index (χ2n) is 3.56. The molecule has 84 valence electrons. The molecule has 0 aromatic carbocycles. The lowest BCUT2D eigenvalue weighted by Gasteiger charge is -2.12. The average molecular weight is 211 g/mol. The summed E-state index contributed by atoms with van der Waals surface area (Å²) in [7, 11) is 3.25. The Labute approximate surface area is 89.4 Å². The summed E-state index contributed by atoms with van der Waals surface area (Å²) in [5, 5.41) is 7.34. The number of esters is 1. The first-order chi connectivity index (χ1) is 6.97. The van der Waals surface area contributed by atoms with Crippen LogP contribution in [-0.4, -0.2) is 28.9 Å². The van der Waals surface area contributed by atoms with Crippen LogP contribution >= 0.6 is 0 Å². The number of hydrogen-bond donors (Lipinski definition) is 1. The molecule has 1 N–H and O–H groups in total. The van der Waals surface area contributed by atoms with Crippen molar-refractivity contribution >= 4 is 11.7 Å². The maximum absolute atomic E-state index is 11.2. The summed E-state index contributed by atoms with van der Waals surface area (Å²) in [6.45, 7) is 5.61. The smallest absolute Gasteiger partial charge is 0.327 e.